The minimum atomic E-state index is 0.806. The maximum absolute atomic E-state index is 5.87. The van der Waals surface area contributed by atoms with E-state index in [1.165, 1.54) is 42.3 Å². The summed E-state index contributed by atoms with van der Waals surface area (Å²) in [4.78, 5) is 21.5. The lowest BCUT2D eigenvalue weighted by molar-refractivity contribution is 1.14. The number of benzene rings is 11. The summed E-state index contributed by atoms with van der Waals surface area (Å²) in [5.41, 5.74) is 18.5. The smallest absolute Gasteiger partial charge is 0.116 e. The molecule has 0 radical (unpaired) electrons. The van der Waals surface area contributed by atoms with Crippen LogP contribution in [0, 0.1) is 0 Å². The average Bonchev–Trinajstić information content (AvgIpc) is 4.04. The molecule has 6 nitrogen and oxygen atoms in total. The van der Waals surface area contributed by atoms with E-state index < -0.39 is 0 Å². The van der Waals surface area contributed by atoms with Crippen molar-refractivity contribution in [2.24, 2.45) is 0 Å². The van der Waals surface area contributed by atoms with Crippen molar-refractivity contribution < 1.29 is 0 Å². The van der Waals surface area contributed by atoms with Gasteiger partial charge in [0.15, 0.2) is 0 Å². The van der Waals surface area contributed by atoms with Gasteiger partial charge in [0.1, 0.15) is 11.0 Å². The van der Waals surface area contributed by atoms with Crippen LogP contribution in [0.5, 0.6) is 0 Å². The zero-order chi connectivity index (χ0) is 49.8. The molecule has 2 aliphatic rings. The number of anilines is 6. The molecule has 356 valence electrons. The Morgan fingerprint density at radius 2 is 0.592 bits per heavy atom. The van der Waals surface area contributed by atoms with Gasteiger partial charge in [-0.05, 0) is 109 Å². The maximum atomic E-state index is 5.87. The number of rotatable bonds is 6. The Kier molecular flexibility index (Phi) is 9.70. The summed E-state index contributed by atoms with van der Waals surface area (Å²) < 4.78 is 4.82. The summed E-state index contributed by atoms with van der Waals surface area (Å²) in [6.45, 7) is 0. The first-order chi connectivity index (χ1) is 37.7. The lowest BCUT2D eigenvalue weighted by atomic mass is 10.0. The summed E-state index contributed by atoms with van der Waals surface area (Å²) in [6.07, 6.45) is 0. The molecule has 14 aromatic rings. The molecule has 2 aliphatic heterocycles. The number of para-hydroxylation sites is 6. The van der Waals surface area contributed by atoms with Crippen LogP contribution < -0.4 is 9.80 Å². The molecule has 11 aromatic carbocycles. The zero-order valence-corrected chi connectivity index (χ0v) is 42.4. The molecule has 76 heavy (non-hydrogen) atoms. The van der Waals surface area contributed by atoms with Crippen molar-refractivity contribution in [1.82, 2.24) is 19.1 Å². The second kappa shape index (κ2) is 17.1. The van der Waals surface area contributed by atoms with Crippen LogP contribution in [0.1, 0.15) is 0 Å². The third-order valence-electron chi connectivity index (χ3n) is 15.0. The van der Waals surface area contributed by atoms with Gasteiger partial charge in [-0.1, -0.05) is 169 Å². The minimum Gasteiger partial charge on any atom is -0.308 e. The molecule has 0 aliphatic carbocycles. The van der Waals surface area contributed by atoms with E-state index in [1.807, 2.05) is 23.5 Å². The number of hydrogen-bond donors (Lipinski definition) is 0. The minimum absolute atomic E-state index is 0.806. The van der Waals surface area contributed by atoms with E-state index in [9.17, 15) is 0 Å². The first-order valence-corrected chi connectivity index (χ1v) is 27.2. The van der Waals surface area contributed by atoms with Gasteiger partial charge < -0.3 is 18.9 Å². The first-order valence-electron chi connectivity index (χ1n) is 25.6. The number of fused-ring (bicyclic) bond motifs is 11. The molecule has 8 heteroatoms. The van der Waals surface area contributed by atoms with E-state index in [0.29, 0.717) is 0 Å². The second-order valence-corrected chi connectivity index (χ2v) is 21.5. The summed E-state index contributed by atoms with van der Waals surface area (Å²) in [7, 11) is 0. The molecule has 0 bridgehead atoms. The fourth-order valence-corrected chi connectivity index (χ4v) is 13.9. The molecule has 0 saturated carbocycles. The van der Waals surface area contributed by atoms with Crippen molar-refractivity contribution in [3.63, 3.8) is 0 Å². The predicted molar refractivity (Wildman–Crippen MR) is 317 cm³/mol. The van der Waals surface area contributed by atoms with E-state index in [4.69, 9.17) is 9.97 Å². The van der Waals surface area contributed by atoms with Crippen molar-refractivity contribution in [3.8, 4) is 33.9 Å². The molecule has 0 fully saturated rings. The highest BCUT2D eigenvalue weighted by Crippen LogP contribution is 2.54. The molecule has 0 unspecified atom stereocenters. The zero-order valence-electron chi connectivity index (χ0n) is 40.7. The van der Waals surface area contributed by atoms with Crippen LogP contribution >= 0.6 is 23.5 Å². The third-order valence-corrected chi connectivity index (χ3v) is 17.3. The van der Waals surface area contributed by atoms with E-state index in [-0.39, 0.29) is 0 Å². The van der Waals surface area contributed by atoms with Crippen molar-refractivity contribution >= 4 is 112 Å². The van der Waals surface area contributed by atoms with Crippen LogP contribution in [-0.2, 0) is 0 Å². The highest BCUT2D eigenvalue weighted by molar-refractivity contribution is 8.00. The third kappa shape index (κ3) is 6.57. The molecule has 0 saturated heterocycles. The molecular formula is C68H42N6S2. The van der Waals surface area contributed by atoms with Gasteiger partial charge in [0, 0.05) is 63.6 Å². The number of aromatic nitrogens is 4. The Hall–Kier alpha value is -9.34. The van der Waals surface area contributed by atoms with Crippen LogP contribution in [0.25, 0.3) is 88.5 Å². The molecule has 0 atom stereocenters. The normalized spacial score (nSPS) is 12.8. The highest BCUT2D eigenvalue weighted by atomic mass is 32.2. The van der Waals surface area contributed by atoms with E-state index >= 15 is 0 Å². The monoisotopic (exact) mass is 1010 g/mol. The molecule has 0 N–H and O–H groups in total. The Bertz CT molecular complexity index is 4290. The van der Waals surface area contributed by atoms with Crippen molar-refractivity contribution in [2.75, 3.05) is 9.80 Å². The van der Waals surface area contributed by atoms with Gasteiger partial charge in [0.2, 0.25) is 0 Å². The molecule has 0 spiro atoms. The van der Waals surface area contributed by atoms with Crippen molar-refractivity contribution in [3.05, 3.63) is 255 Å². The Morgan fingerprint density at radius 3 is 0.987 bits per heavy atom. The van der Waals surface area contributed by atoms with Crippen molar-refractivity contribution in [1.29, 1.82) is 0 Å². The highest BCUT2D eigenvalue weighted by Gasteiger charge is 2.29. The summed E-state index contributed by atoms with van der Waals surface area (Å²) in [6, 6.07) is 91.9. The van der Waals surface area contributed by atoms with Crippen LogP contribution in [0.15, 0.2) is 274 Å². The van der Waals surface area contributed by atoms with Gasteiger partial charge in [-0.3, -0.25) is 0 Å². The fourth-order valence-electron chi connectivity index (χ4n) is 11.7. The van der Waals surface area contributed by atoms with E-state index in [0.717, 1.165) is 99.9 Å². The fraction of sp³-hybridized carbons (Fsp3) is 0. The summed E-state index contributed by atoms with van der Waals surface area (Å²) in [5.74, 6) is 0. The van der Waals surface area contributed by atoms with Crippen LogP contribution in [0.3, 0.4) is 0 Å². The largest absolute Gasteiger partial charge is 0.308 e. The topological polar surface area (TPSA) is 42.1 Å². The summed E-state index contributed by atoms with van der Waals surface area (Å²) >= 11 is 3.66. The number of hydrogen-bond acceptors (Lipinski definition) is 6. The first kappa shape index (κ1) is 43.1. The second-order valence-electron chi connectivity index (χ2n) is 19.3. The molecule has 16 rings (SSSR count). The van der Waals surface area contributed by atoms with Crippen molar-refractivity contribution in [2.45, 2.75) is 19.6 Å². The Morgan fingerprint density at radius 1 is 0.263 bits per heavy atom. The standard InChI is InChI=1S/C68H42N6S2/c1-3-19-43(20-4-1)65-66(44-21-5-2-6-22-44)70-68-60(74-52-26-10-8-24-48(52)50-42-46(36-38-54(50)74)72-57-29-13-17-33-63(57)76-64-34-18-14-30-58(64)72)40-39-59(67(68)69-65)73-51-25-9-7-23-47(51)49-41-45(35-37-53(49)73)71-55-27-11-15-31-61(55)75-62-32-16-12-28-56(62)71/h1-42H. The summed E-state index contributed by atoms with van der Waals surface area (Å²) in [5, 5.41) is 4.65. The van der Waals surface area contributed by atoms with E-state index in [2.05, 4.69) is 274 Å². The van der Waals surface area contributed by atoms with Crippen LogP contribution in [0.2, 0.25) is 0 Å². The lowest BCUT2D eigenvalue weighted by Crippen LogP contribution is -2.14. The molecule has 3 aromatic heterocycles. The van der Waals surface area contributed by atoms with Gasteiger partial charge in [-0.2, -0.15) is 0 Å². The predicted octanol–water partition coefficient (Wildman–Crippen LogP) is 19.0. The van der Waals surface area contributed by atoms with Gasteiger partial charge >= 0.3 is 0 Å². The molecular weight excluding hydrogens is 965 g/mol. The quantitative estimate of drug-likeness (QED) is 0.165. The van der Waals surface area contributed by atoms with Gasteiger partial charge in [-0.15, -0.1) is 0 Å². The van der Waals surface area contributed by atoms with E-state index in [1.54, 1.807) is 0 Å². The average molecular weight is 1010 g/mol. The van der Waals surface area contributed by atoms with Crippen LogP contribution in [0.4, 0.5) is 34.1 Å². The Labute approximate surface area is 446 Å². The van der Waals surface area contributed by atoms with Gasteiger partial charge in [0.05, 0.1) is 67.6 Å². The lowest BCUT2D eigenvalue weighted by Gasteiger charge is -2.32. The van der Waals surface area contributed by atoms with Crippen LogP contribution in [-0.4, -0.2) is 19.1 Å². The van der Waals surface area contributed by atoms with Gasteiger partial charge in [-0.25, -0.2) is 9.97 Å². The molecule has 5 heterocycles. The maximum Gasteiger partial charge on any atom is 0.116 e. The molecule has 0 amide bonds. The number of nitrogens with zero attached hydrogens (tertiary/aromatic N) is 6. The SMILES string of the molecule is c1ccc(-c2nc3c(-n4c5ccccc5c5cc(N6c7ccccc7Sc7ccccc76)ccc54)ccc(-n4c5ccccc5c5cc(N6c7ccccc7Sc7ccccc76)ccc54)c3nc2-c2ccccc2)cc1. The van der Waals surface area contributed by atoms with Gasteiger partial charge in [0.25, 0.3) is 0 Å². The Balaban J connectivity index is 0.959.